The standard InChI is InChI=1S/C41H45N7O7S/c1-25-22-43-33(23-42-25)35(49)44-32-17-7-5-3-4-6-12-26-21-41(26,39(52)47-56(53,54)40(2)18-19-40)46-36(50)34-20-27(24-48(34)38(32)51)55-37-30-15-9-8-13-28(30)29-14-10-11-16-31(29)45-37/h6,8-16,22-23,26-27,32,34H,3-5,7,17-21,24H2,1-2H3,(H,44,49)(H,46,50)(H,47,52)/b12-6-/t26-,27-,32+,34+,41-/m1/s1. The summed E-state index contributed by atoms with van der Waals surface area (Å²) in [5.41, 5.74) is -0.109. The van der Waals surface area contributed by atoms with Gasteiger partial charge >= 0.3 is 0 Å². The van der Waals surface area contributed by atoms with Gasteiger partial charge in [-0.25, -0.2) is 18.4 Å². The Bertz CT molecular complexity index is 2360. The van der Waals surface area contributed by atoms with Crippen LogP contribution in [0.25, 0.3) is 21.7 Å². The van der Waals surface area contributed by atoms with E-state index in [1.165, 1.54) is 17.3 Å². The molecule has 0 radical (unpaired) electrons. The number of rotatable bonds is 7. The quantitative estimate of drug-likeness (QED) is 0.183. The first-order chi connectivity index (χ1) is 26.9. The number of nitrogens with zero attached hydrogens (tertiary/aromatic N) is 4. The molecule has 15 heteroatoms. The van der Waals surface area contributed by atoms with Gasteiger partial charge in [-0.1, -0.05) is 61.4 Å². The number of aromatic nitrogens is 3. The second-order valence-electron chi connectivity index (χ2n) is 15.8. The van der Waals surface area contributed by atoms with Crippen molar-refractivity contribution in [2.75, 3.05) is 6.54 Å². The van der Waals surface area contributed by atoms with Crippen molar-refractivity contribution >= 4 is 55.3 Å². The number of pyridine rings is 1. The number of allylic oxidation sites excluding steroid dienone is 1. The SMILES string of the molecule is Cc1cnc(C(=O)N[C@H]2CCCCC/C=C\[C@@H]3C[C@@]3(C(=O)NS(=O)(=O)C3(C)CC3)NC(=O)[C@@H]3C[C@@H](Oc4nc5ccccc5c5ccccc45)CN3C2=O)cn1. The van der Waals surface area contributed by atoms with Gasteiger partial charge < -0.3 is 20.3 Å². The smallest absolute Gasteiger partial charge is 0.272 e. The first kappa shape index (κ1) is 37.5. The minimum absolute atomic E-state index is 0.00821. The highest BCUT2D eigenvalue weighted by Crippen LogP contribution is 2.47. The van der Waals surface area contributed by atoms with Gasteiger partial charge in [0.15, 0.2) is 0 Å². The molecule has 0 spiro atoms. The van der Waals surface area contributed by atoms with Gasteiger partial charge in [-0.2, -0.15) is 0 Å². The topological polar surface area (TPSA) is 190 Å². The Morgan fingerprint density at radius 2 is 1.71 bits per heavy atom. The van der Waals surface area contributed by atoms with Crippen molar-refractivity contribution in [2.45, 2.75) is 100 Å². The van der Waals surface area contributed by atoms with E-state index in [4.69, 9.17) is 9.72 Å². The fourth-order valence-electron chi connectivity index (χ4n) is 7.81. The van der Waals surface area contributed by atoms with Crippen molar-refractivity contribution in [2.24, 2.45) is 5.92 Å². The molecule has 2 saturated carbocycles. The van der Waals surface area contributed by atoms with E-state index < -0.39 is 68.0 Å². The second-order valence-corrected chi connectivity index (χ2v) is 17.9. The molecule has 2 aliphatic carbocycles. The van der Waals surface area contributed by atoms with Gasteiger partial charge in [-0.05, 0) is 69.9 Å². The van der Waals surface area contributed by atoms with Gasteiger partial charge in [-0.3, -0.25) is 28.9 Å². The molecule has 2 aliphatic heterocycles. The van der Waals surface area contributed by atoms with E-state index in [0.717, 1.165) is 34.5 Å². The zero-order valence-electron chi connectivity index (χ0n) is 31.4. The molecule has 4 heterocycles. The summed E-state index contributed by atoms with van der Waals surface area (Å²) in [6.45, 7) is 3.34. The largest absolute Gasteiger partial charge is 0.472 e. The Balaban J connectivity index is 1.12. The maximum Gasteiger partial charge on any atom is 0.272 e. The van der Waals surface area contributed by atoms with Crippen LogP contribution in [0.2, 0.25) is 0 Å². The van der Waals surface area contributed by atoms with Gasteiger partial charge in [0.05, 0.1) is 28.7 Å². The van der Waals surface area contributed by atoms with E-state index in [-0.39, 0.29) is 25.1 Å². The summed E-state index contributed by atoms with van der Waals surface area (Å²) >= 11 is 0. The molecular weight excluding hydrogens is 735 g/mol. The third-order valence-corrected chi connectivity index (χ3v) is 13.8. The van der Waals surface area contributed by atoms with Crippen molar-refractivity contribution in [3.63, 3.8) is 0 Å². The predicted octanol–water partition coefficient (Wildman–Crippen LogP) is 4.03. The van der Waals surface area contributed by atoms with E-state index >= 15 is 0 Å². The average Bonchev–Trinajstić information content (AvgIpc) is 4.07. The third-order valence-electron chi connectivity index (χ3n) is 11.6. The number of amides is 4. The highest BCUT2D eigenvalue weighted by Gasteiger charge is 2.63. The van der Waals surface area contributed by atoms with Gasteiger partial charge in [0.1, 0.15) is 29.4 Å². The maximum atomic E-state index is 14.7. The van der Waals surface area contributed by atoms with Crippen LogP contribution in [0.4, 0.5) is 0 Å². The third kappa shape index (κ3) is 7.19. The van der Waals surface area contributed by atoms with E-state index in [9.17, 15) is 27.6 Å². The normalized spacial score (nSPS) is 26.9. The lowest BCUT2D eigenvalue weighted by atomic mass is 10.0. The van der Waals surface area contributed by atoms with Crippen LogP contribution >= 0.6 is 0 Å². The van der Waals surface area contributed by atoms with Crippen molar-refractivity contribution in [1.29, 1.82) is 0 Å². The molecule has 2 aromatic heterocycles. The van der Waals surface area contributed by atoms with Crippen molar-refractivity contribution < 1.29 is 32.3 Å². The van der Waals surface area contributed by atoms with Crippen molar-refractivity contribution in [1.82, 2.24) is 35.2 Å². The zero-order chi connectivity index (χ0) is 39.2. The monoisotopic (exact) mass is 779 g/mol. The Hall–Kier alpha value is -5.44. The number of carbonyl (C=O) groups excluding carboxylic acids is 4. The van der Waals surface area contributed by atoms with Crippen molar-refractivity contribution in [3.8, 4) is 5.88 Å². The van der Waals surface area contributed by atoms with Crippen LogP contribution in [0.1, 0.15) is 80.9 Å². The molecule has 8 rings (SSSR count). The minimum Gasteiger partial charge on any atom is -0.472 e. The summed E-state index contributed by atoms with van der Waals surface area (Å²) in [5, 5.41) is 8.43. The van der Waals surface area contributed by atoms with Crippen LogP contribution in [-0.2, 0) is 24.4 Å². The Labute approximate surface area is 324 Å². The number of nitrogens with one attached hydrogen (secondary N) is 3. The maximum absolute atomic E-state index is 14.7. The first-order valence-electron chi connectivity index (χ1n) is 19.3. The van der Waals surface area contributed by atoms with E-state index in [2.05, 4.69) is 25.3 Å². The Morgan fingerprint density at radius 1 is 0.964 bits per heavy atom. The summed E-state index contributed by atoms with van der Waals surface area (Å²) in [5.74, 6) is -2.55. The predicted molar refractivity (Wildman–Crippen MR) is 208 cm³/mol. The fraction of sp³-hybridized carbons (Fsp3) is 0.439. The summed E-state index contributed by atoms with van der Waals surface area (Å²) in [6, 6.07) is 13.3. The van der Waals surface area contributed by atoms with Gasteiger partial charge in [-0.15, -0.1) is 0 Å². The van der Waals surface area contributed by atoms with Crippen LogP contribution in [-0.4, -0.2) is 86.9 Å². The fourth-order valence-corrected chi connectivity index (χ4v) is 9.12. The highest BCUT2D eigenvalue weighted by molar-refractivity contribution is 7.91. The van der Waals surface area contributed by atoms with Crippen molar-refractivity contribution in [3.05, 3.63) is 84.5 Å². The van der Waals surface area contributed by atoms with Crippen LogP contribution in [0, 0.1) is 12.8 Å². The number of hydrogen-bond acceptors (Lipinski definition) is 10. The number of fused-ring (bicyclic) bond motifs is 5. The second kappa shape index (κ2) is 14.6. The Morgan fingerprint density at radius 3 is 2.46 bits per heavy atom. The molecule has 4 aliphatic rings. The number of carbonyl (C=O) groups is 4. The highest BCUT2D eigenvalue weighted by atomic mass is 32.2. The zero-order valence-corrected chi connectivity index (χ0v) is 32.2. The van der Waals surface area contributed by atoms with Crippen LogP contribution < -0.4 is 20.1 Å². The molecule has 292 valence electrons. The average molecular weight is 780 g/mol. The van der Waals surface area contributed by atoms with Crippen LogP contribution in [0.5, 0.6) is 5.88 Å². The number of sulfonamides is 1. The van der Waals surface area contributed by atoms with E-state index in [1.807, 2.05) is 60.7 Å². The molecular formula is C41H45N7O7S. The molecule has 3 fully saturated rings. The number of para-hydroxylation sites is 1. The van der Waals surface area contributed by atoms with E-state index in [0.29, 0.717) is 43.7 Å². The van der Waals surface area contributed by atoms with E-state index in [1.54, 1.807) is 13.8 Å². The summed E-state index contributed by atoms with van der Waals surface area (Å²) in [4.78, 5) is 71.2. The van der Waals surface area contributed by atoms with Gasteiger partial charge in [0.25, 0.3) is 11.8 Å². The number of aryl methyl sites for hydroxylation is 1. The number of benzene rings is 2. The summed E-state index contributed by atoms with van der Waals surface area (Å²) < 4.78 is 34.2. The van der Waals surface area contributed by atoms with Gasteiger partial charge in [0, 0.05) is 29.3 Å². The molecule has 5 atom stereocenters. The van der Waals surface area contributed by atoms with Gasteiger partial charge in [0.2, 0.25) is 27.7 Å². The summed E-state index contributed by atoms with van der Waals surface area (Å²) in [6.07, 6.45) is 10.3. The molecule has 56 heavy (non-hydrogen) atoms. The Kier molecular flexibility index (Phi) is 9.75. The molecule has 2 aromatic carbocycles. The van der Waals surface area contributed by atoms with Crippen LogP contribution in [0.15, 0.2) is 73.1 Å². The molecule has 0 bridgehead atoms. The lowest BCUT2D eigenvalue weighted by molar-refractivity contribution is -0.141. The molecule has 0 unspecified atom stereocenters. The molecule has 14 nitrogen and oxygen atoms in total. The summed E-state index contributed by atoms with van der Waals surface area (Å²) in [7, 11) is -3.99. The number of hydrogen-bond donors (Lipinski definition) is 3. The molecule has 3 N–H and O–H groups in total. The molecule has 4 aromatic rings. The number of ether oxygens (including phenoxy) is 1. The first-order valence-corrected chi connectivity index (χ1v) is 20.8. The lowest BCUT2D eigenvalue weighted by Crippen LogP contribution is -2.58. The molecule has 1 saturated heterocycles. The minimum atomic E-state index is -3.99. The molecule has 4 amide bonds. The lowest BCUT2D eigenvalue weighted by Gasteiger charge is -2.30. The van der Waals surface area contributed by atoms with Crippen LogP contribution in [0.3, 0.4) is 0 Å².